The third-order valence-corrected chi connectivity index (χ3v) is 8.26. The lowest BCUT2D eigenvalue weighted by atomic mass is 10.0. The van der Waals surface area contributed by atoms with Gasteiger partial charge in [-0.3, -0.25) is 19.2 Å². The number of amides is 4. The van der Waals surface area contributed by atoms with Crippen LogP contribution in [0.3, 0.4) is 0 Å². The highest BCUT2D eigenvalue weighted by Crippen LogP contribution is 2.13. The SMILES string of the molecule is C[C@H](NC(=O)c1ccccc1)C(=O)NCCCCCCCCCCCCCCCCCCNC(=O)[C@H](C)NC(=O)c1ccccc1. The third-order valence-electron chi connectivity index (χ3n) is 8.26. The predicted octanol–water partition coefficient (Wildman–Crippen LogP) is 7.10. The van der Waals surface area contributed by atoms with Crippen LogP contribution in [0.5, 0.6) is 0 Å². The Morgan fingerprint density at radius 3 is 0.978 bits per heavy atom. The van der Waals surface area contributed by atoms with Crippen LogP contribution in [0.25, 0.3) is 0 Å². The van der Waals surface area contributed by atoms with Gasteiger partial charge in [0.25, 0.3) is 11.8 Å². The number of unbranched alkanes of at least 4 members (excludes halogenated alkanes) is 15. The van der Waals surface area contributed by atoms with E-state index in [0.717, 1.165) is 25.7 Å². The normalized spacial score (nSPS) is 12.1. The number of rotatable bonds is 25. The Bertz CT molecular complexity index is 1040. The first-order valence-electron chi connectivity index (χ1n) is 17.7. The van der Waals surface area contributed by atoms with Crippen molar-refractivity contribution in [1.82, 2.24) is 21.3 Å². The summed E-state index contributed by atoms with van der Waals surface area (Å²) < 4.78 is 0. The van der Waals surface area contributed by atoms with E-state index in [1.165, 1.54) is 77.0 Å². The third kappa shape index (κ3) is 17.7. The van der Waals surface area contributed by atoms with Crippen molar-refractivity contribution in [2.24, 2.45) is 0 Å². The molecule has 0 radical (unpaired) electrons. The van der Waals surface area contributed by atoms with Crippen LogP contribution >= 0.6 is 0 Å². The molecule has 4 amide bonds. The van der Waals surface area contributed by atoms with Crippen molar-refractivity contribution in [3.8, 4) is 0 Å². The van der Waals surface area contributed by atoms with E-state index in [1.54, 1.807) is 62.4 Å². The van der Waals surface area contributed by atoms with E-state index in [0.29, 0.717) is 24.2 Å². The first kappa shape index (κ1) is 38.5. The minimum absolute atomic E-state index is 0.138. The van der Waals surface area contributed by atoms with Crippen molar-refractivity contribution >= 4 is 23.6 Å². The van der Waals surface area contributed by atoms with Gasteiger partial charge in [0.05, 0.1) is 0 Å². The maximum Gasteiger partial charge on any atom is 0.251 e. The Hall–Kier alpha value is -3.68. The van der Waals surface area contributed by atoms with Crippen LogP contribution in [0.1, 0.15) is 137 Å². The molecule has 0 heterocycles. The van der Waals surface area contributed by atoms with Gasteiger partial charge in [-0.05, 0) is 51.0 Å². The molecule has 0 aliphatic heterocycles. The number of nitrogens with one attached hydrogen (secondary N) is 4. The standard InChI is InChI=1S/C38H58N4O4/c1-31(41-37(45)33-25-19-17-20-26-33)35(43)39-29-23-15-13-11-9-7-5-3-4-6-8-10-12-14-16-24-30-40-36(44)32(2)42-38(46)34-27-21-18-22-28-34/h17-22,25-28,31-32H,3-16,23-24,29-30H2,1-2H3,(H,39,43)(H,40,44)(H,41,45)(H,42,46)/t31-,32-/m0/s1. The van der Waals surface area contributed by atoms with Gasteiger partial charge in [0.15, 0.2) is 0 Å². The first-order chi connectivity index (χ1) is 22.4. The number of hydrogen-bond donors (Lipinski definition) is 4. The van der Waals surface area contributed by atoms with E-state index in [1.807, 2.05) is 12.1 Å². The molecule has 0 unspecified atom stereocenters. The molecule has 8 heteroatoms. The summed E-state index contributed by atoms with van der Waals surface area (Å²) in [5, 5.41) is 11.4. The number of carbonyl (C=O) groups excluding carboxylic acids is 4. The maximum atomic E-state index is 12.2. The summed E-state index contributed by atoms with van der Waals surface area (Å²) in [5.41, 5.74) is 1.12. The molecule has 0 saturated carbocycles. The molecule has 0 bridgehead atoms. The summed E-state index contributed by atoms with van der Waals surface area (Å²) in [6.45, 7) is 4.73. The van der Waals surface area contributed by atoms with E-state index in [2.05, 4.69) is 21.3 Å². The molecule has 0 fully saturated rings. The van der Waals surface area contributed by atoms with Crippen LogP contribution in [-0.2, 0) is 9.59 Å². The van der Waals surface area contributed by atoms with Gasteiger partial charge in [-0.15, -0.1) is 0 Å². The molecule has 2 aromatic carbocycles. The highest BCUT2D eigenvalue weighted by Gasteiger charge is 2.17. The monoisotopic (exact) mass is 634 g/mol. The van der Waals surface area contributed by atoms with Gasteiger partial charge in [-0.2, -0.15) is 0 Å². The molecular formula is C38H58N4O4. The molecule has 0 spiro atoms. The number of carbonyl (C=O) groups is 4. The van der Waals surface area contributed by atoms with Gasteiger partial charge in [0, 0.05) is 24.2 Å². The van der Waals surface area contributed by atoms with E-state index >= 15 is 0 Å². The largest absolute Gasteiger partial charge is 0.354 e. The minimum atomic E-state index is -0.552. The molecule has 4 N–H and O–H groups in total. The lowest BCUT2D eigenvalue weighted by molar-refractivity contribution is -0.123. The van der Waals surface area contributed by atoms with Gasteiger partial charge in [0.2, 0.25) is 11.8 Å². The molecule has 0 aromatic heterocycles. The average Bonchev–Trinajstić information content (AvgIpc) is 3.07. The van der Waals surface area contributed by atoms with E-state index in [9.17, 15) is 19.2 Å². The molecule has 0 saturated heterocycles. The summed E-state index contributed by atoms with van der Waals surface area (Å²) in [4.78, 5) is 48.8. The summed E-state index contributed by atoms with van der Waals surface area (Å²) in [7, 11) is 0. The second kappa shape index (κ2) is 24.5. The fourth-order valence-corrected chi connectivity index (χ4v) is 5.32. The maximum absolute atomic E-state index is 12.2. The minimum Gasteiger partial charge on any atom is -0.354 e. The van der Waals surface area contributed by atoms with E-state index in [-0.39, 0.29) is 23.6 Å². The van der Waals surface area contributed by atoms with Crippen LogP contribution in [0.2, 0.25) is 0 Å². The molecule has 46 heavy (non-hydrogen) atoms. The van der Waals surface area contributed by atoms with Crippen LogP contribution in [-0.4, -0.2) is 48.8 Å². The highest BCUT2D eigenvalue weighted by molar-refractivity contribution is 5.98. The van der Waals surface area contributed by atoms with E-state index in [4.69, 9.17) is 0 Å². The van der Waals surface area contributed by atoms with Crippen molar-refractivity contribution in [2.75, 3.05) is 13.1 Å². The summed E-state index contributed by atoms with van der Waals surface area (Å²) in [6.07, 6.45) is 19.6. The number of benzene rings is 2. The summed E-state index contributed by atoms with van der Waals surface area (Å²) >= 11 is 0. The van der Waals surface area contributed by atoms with Crippen LogP contribution < -0.4 is 21.3 Å². The molecule has 0 aliphatic rings. The Labute approximate surface area is 277 Å². The van der Waals surface area contributed by atoms with Crippen molar-refractivity contribution in [3.05, 3.63) is 71.8 Å². The van der Waals surface area contributed by atoms with Crippen LogP contribution in [0, 0.1) is 0 Å². The summed E-state index contributed by atoms with van der Waals surface area (Å²) in [6, 6.07) is 16.8. The second-order valence-electron chi connectivity index (χ2n) is 12.4. The Morgan fingerprint density at radius 1 is 0.435 bits per heavy atom. The predicted molar refractivity (Wildman–Crippen MR) is 187 cm³/mol. The van der Waals surface area contributed by atoms with Gasteiger partial charge < -0.3 is 21.3 Å². The molecular weight excluding hydrogens is 576 g/mol. The summed E-state index contributed by atoms with van der Waals surface area (Å²) in [5.74, 6) is -0.735. The fourth-order valence-electron chi connectivity index (χ4n) is 5.32. The van der Waals surface area contributed by atoms with Gasteiger partial charge >= 0.3 is 0 Å². The average molecular weight is 635 g/mol. The fraction of sp³-hybridized carbons (Fsp3) is 0.579. The van der Waals surface area contributed by atoms with E-state index < -0.39 is 12.1 Å². The van der Waals surface area contributed by atoms with Crippen molar-refractivity contribution < 1.29 is 19.2 Å². The molecule has 254 valence electrons. The zero-order valence-electron chi connectivity index (χ0n) is 28.3. The first-order valence-corrected chi connectivity index (χ1v) is 17.7. The molecule has 2 rings (SSSR count). The Morgan fingerprint density at radius 2 is 0.696 bits per heavy atom. The quantitative estimate of drug-likeness (QED) is 0.0872. The van der Waals surface area contributed by atoms with Crippen LogP contribution in [0.4, 0.5) is 0 Å². The molecule has 2 atom stereocenters. The van der Waals surface area contributed by atoms with Crippen molar-refractivity contribution in [1.29, 1.82) is 0 Å². The lowest BCUT2D eigenvalue weighted by Gasteiger charge is -2.14. The topological polar surface area (TPSA) is 116 Å². The zero-order chi connectivity index (χ0) is 33.2. The molecule has 0 aliphatic carbocycles. The molecule has 8 nitrogen and oxygen atoms in total. The van der Waals surface area contributed by atoms with Crippen molar-refractivity contribution in [3.63, 3.8) is 0 Å². The highest BCUT2D eigenvalue weighted by atomic mass is 16.2. The second-order valence-corrected chi connectivity index (χ2v) is 12.4. The molecule has 2 aromatic rings. The smallest absolute Gasteiger partial charge is 0.251 e. The Kier molecular flexibility index (Phi) is 20.5. The zero-order valence-corrected chi connectivity index (χ0v) is 28.3. The van der Waals surface area contributed by atoms with Gasteiger partial charge in [0.1, 0.15) is 12.1 Å². The van der Waals surface area contributed by atoms with Crippen LogP contribution in [0.15, 0.2) is 60.7 Å². The number of hydrogen-bond acceptors (Lipinski definition) is 4. The van der Waals surface area contributed by atoms with Gasteiger partial charge in [-0.1, -0.05) is 126 Å². The Balaban J connectivity index is 1.28. The lowest BCUT2D eigenvalue weighted by Crippen LogP contribution is -2.45. The van der Waals surface area contributed by atoms with Crippen molar-refractivity contribution in [2.45, 2.75) is 129 Å². The van der Waals surface area contributed by atoms with Gasteiger partial charge in [-0.25, -0.2) is 0 Å².